The van der Waals surface area contributed by atoms with Crippen LogP contribution in [0.4, 0.5) is 13.2 Å². The molecule has 0 atom stereocenters. The molecule has 0 saturated heterocycles. The van der Waals surface area contributed by atoms with E-state index in [2.05, 4.69) is 20.9 Å². The normalized spacial score (nSPS) is 12.4. The van der Waals surface area contributed by atoms with Crippen LogP contribution >= 0.6 is 15.9 Å². The number of hydrogen-bond acceptors (Lipinski definition) is 2. The molecule has 0 saturated carbocycles. The van der Waals surface area contributed by atoms with E-state index in [1.165, 1.54) is 4.90 Å². The monoisotopic (exact) mass is 313 g/mol. The second-order valence-electron chi connectivity index (χ2n) is 3.75. The fraction of sp³-hybridized carbons (Fsp3) is 0.700. The van der Waals surface area contributed by atoms with E-state index in [1.54, 1.807) is 12.4 Å². The highest BCUT2D eigenvalue weighted by molar-refractivity contribution is 9.09. The summed E-state index contributed by atoms with van der Waals surface area (Å²) >= 11 is 3.16. The fourth-order valence-corrected chi connectivity index (χ4v) is 2.03. The molecule has 0 aliphatic heterocycles. The van der Waals surface area contributed by atoms with Crippen molar-refractivity contribution < 1.29 is 13.2 Å². The lowest BCUT2D eigenvalue weighted by Gasteiger charge is -2.23. The summed E-state index contributed by atoms with van der Waals surface area (Å²) in [7, 11) is 0. The van der Waals surface area contributed by atoms with Gasteiger partial charge in [0.15, 0.2) is 0 Å². The molecule has 0 radical (unpaired) electrons. The average molecular weight is 314 g/mol. The molecule has 3 nitrogen and oxygen atoms in total. The van der Waals surface area contributed by atoms with E-state index in [4.69, 9.17) is 0 Å². The summed E-state index contributed by atoms with van der Waals surface area (Å²) < 4.78 is 38.7. The first kappa shape index (κ1) is 14.5. The lowest BCUT2D eigenvalue weighted by atomic mass is 10.4. The van der Waals surface area contributed by atoms with Gasteiger partial charge in [-0.2, -0.15) is 13.2 Å². The molecule has 1 aromatic heterocycles. The minimum Gasteiger partial charge on any atom is -0.334 e. The number of halogens is 4. The first-order valence-electron chi connectivity index (χ1n) is 5.25. The van der Waals surface area contributed by atoms with Gasteiger partial charge in [0.2, 0.25) is 0 Å². The molecule has 0 aliphatic rings. The van der Waals surface area contributed by atoms with E-state index >= 15 is 0 Å². The Kier molecular flexibility index (Phi) is 5.45. The van der Waals surface area contributed by atoms with Crippen LogP contribution in [0.5, 0.6) is 0 Å². The van der Waals surface area contributed by atoms with Gasteiger partial charge >= 0.3 is 6.18 Å². The van der Waals surface area contributed by atoms with Gasteiger partial charge in [-0.3, -0.25) is 4.90 Å². The predicted molar refractivity (Wildman–Crippen MR) is 63.3 cm³/mol. The molecule has 1 aromatic rings. The average Bonchev–Trinajstić information content (AvgIpc) is 2.59. The number of aromatic nitrogens is 2. The topological polar surface area (TPSA) is 21.1 Å². The first-order chi connectivity index (χ1) is 7.92. The molecule has 98 valence electrons. The second kappa shape index (κ2) is 6.39. The van der Waals surface area contributed by atoms with E-state index in [0.29, 0.717) is 25.0 Å². The molecule has 0 aromatic carbocycles. The van der Waals surface area contributed by atoms with Crippen molar-refractivity contribution in [2.24, 2.45) is 0 Å². The Morgan fingerprint density at radius 2 is 2.12 bits per heavy atom. The summed E-state index contributed by atoms with van der Waals surface area (Å²) in [4.78, 5) is 5.41. The van der Waals surface area contributed by atoms with Gasteiger partial charge < -0.3 is 4.57 Å². The van der Waals surface area contributed by atoms with Crippen LogP contribution in [0.2, 0.25) is 0 Å². The van der Waals surface area contributed by atoms with E-state index in [9.17, 15) is 13.2 Å². The molecule has 0 N–H and O–H groups in total. The zero-order valence-corrected chi connectivity index (χ0v) is 11.1. The Morgan fingerprint density at radius 1 is 1.41 bits per heavy atom. The van der Waals surface area contributed by atoms with Gasteiger partial charge in [0.1, 0.15) is 5.82 Å². The van der Waals surface area contributed by atoms with Crippen molar-refractivity contribution in [3.05, 3.63) is 18.2 Å². The van der Waals surface area contributed by atoms with E-state index in [-0.39, 0.29) is 0 Å². The van der Waals surface area contributed by atoms with Crippen molar-refractivity contribution in [2.45, 2.75) is 19.6 Å². The summed E-state index contributed by atoms with van der Waals surface area (Å²) in [5.41, 5.74) is 0. The fourth-order valence-electron chi connectivity index (χ4n) is 1.53. The van der Waals surface area contributed by atoms with Crippen molar-refractivity contribution in [3.8, 4) is 0 Å². The Bertz CT molecular complexity index is 338. The third kappa shape index (κ3) is 5.54. The van der Waals surface area contributed by atoms with Gasteiger partial charge in [-0.25, -0.2) is 4.98 Å². The lowest BCUT2D eigenvalue weighted by molar-refractivity contribution is -0.145. The molecule has 0 unspecified atom stereocenters. The number of nitrogens with zero attached hydrogens (tertiary/aromatic N) is 3. The predicted octanol–water partition coefficient (Wildman–Crippen LogP) is 2.45. The number of hydrogen-bond donors (Lipinski definition) is 0. The largest absolute Gasteiger partial charge is 0.401 e. The Morgan fingerprint density at radius 3 is 2.59 bits per heavy atom. The summed E-state index contributed by atoms with van der Waals surface area (Å²) in [6.07, 6.45) is -0.727. The smallest absolute Gasteiger partial charge is 0.334 e. The van der Waals surface area contributed by atoms with Crippen LogP contribution in [0.25, 0.3) is 0 Å². The van der Waals surface area contributed by atoms with Crippen molar-refractivity contribution in [1.82, 2.24) is 14.5 Å². The van der Waals surface area contributed by atoms with Crippen LogP contribution in [0, 0.1) is 6.92 Å². The van der Waals surface area contributed by atoms with Crippen LogP contribution in [-0.2, 0) is 6.54 Å². The Labute approximate surface area is 107 Å². The summed E-state index contributed by atoms with van der Waals surface area (Å²) in [5, 5.41) is 0.534. The lowest BCUT2D eigenvalue weighted by Crippen LogP contribution is -2.37. The highest BCUT2D eigenvalue weighted by Gasteiger charge is 2.30. The van der Waals surface area contributed by atoms with Crippen LogP contribution in [0.1, 0.15) is 5.82 Å². The molecule has 0 amide bonds. The van der Waals surface area contributed by atoms with Crippen LogP contribution in [0.3, 0.4) is 0 Å². The van der Waals surface area contributed by atoms with Crippen molar-refractivity contribution in [2.75, 3.05) is 25.0 Å². The second-order valence-corrected chi connectivity index (χ2v) is 4.54. The number of rotatable bonds is 6. The quantitative estimate of drug-likeness (QED) is 0.752. The molecule has 0 spiro atoms. The van der Waals surface area contributed by atoms with E-state index in [1.807, 2.05) is 11.5 Å². The standard InChI is InChI=1S/C10H15BrF3N3/c1-9-15-3-5-17(9)7-6-16(4-2-11)8-10(12,13)14/h3,5H,2,4,6-8H2,1H3. The summed E-state index contributed by atoms with van der Waals surface area (Å²) in [6.45, 7) is 2.23. The van der Waals surface area contributed by atoms with Gasteiger partial charge in [-0.05, 0) is 6.92 Å². The van der Waals surface area contributed by atoms with E-state index in [0.717, 1.165) is 5.82 Å². The Balaban J connectivity index is 2.47. The molecular weight excluding hydrogens is 299 g/mol. The maximum atomic E-state index is 12.3. The van der Waals surface area contributed by atoms with Crippen molar-refractivity contribution in [1.29, 1.82) is 0 Å². The van der Waals surface area contributed by atoms with Gasteiger partial charge in [-0.1, -0.05) is 15.9 Å². The zero-order valence-electron chi connectivity index (χ0n) is 9.54. The SMILES string of the molecule is Cc1nccn1CCN(CCBr)CC(F)(F)F. The zero-order chi connectivity index (χ0) is 12.9. The van der Waals surface area contributed by atoms with Crippen LogP contribution in [0.15, 0.2) is 12.4 Å². The molecule has 1 heterocycles. The molecule has 0 aliphatic carbocycles. The van der Waals surface area contributed by atoms with Crippen LogP contribution < -0.4 is 0 Å². The third-order valence-electron chi connectivity index (χ3n) is 2.38. The molecular formula is C10H15BrF3N3. The maximum absolute atomic E-state index is 12.3. The summed E-state index contributed by atoms with van der Waals surface area (Å²) in [6, 6.07) is 0. The number of aryl methyl sites for hydroxylation is 1. The third-order valence-corrected chi connectivity index (χ3v) is 2.74. The number of imidazole rings is 1. The van der Waals surface area contributed by atoms with Crippen LogP contribution in [-0.4, -0.2) is 45.6 Å². The molecule has 7 heteroatoms. The Hall–Kier alpha value is -0.560. The number of alkyl halides is 4. The molecule has 0 fully saturated rings. The maximum Gasteiger partial charge on any atom is 0.401 e. The molecule has 17 heavy (non-hydrogen) atoms. The van der Waals surface area contributed by atoms with Gasteiger partial charge in [-0.15, -0.1) is 0 Å². The van der Waals surface area contributed by atoms with Gasteiger partial charge in [0, 0.05) is 37.4 Å². The minimum absolute atomic E-state index is 0.363. The molecule has 0 bridgehead atoms. The van der Waals surface area contributed by atoms with Gasteiger partial charge in [0.05, 0.1) is 6.54 Å². The molecule has 1 rings (SSSR count). The van der Waals surface area contributed by atoms with Crippen molar-refractivity contribution >= 4 is 15.9 Å². The van der Waals surface area contributed by atoms with E-state index < -0.39 is 12.7 Å². The highest BCUT2D eigenvalue weighted by Crippen LogP contribution is 2.16. The van der Waals surface area contributed by atoms with Gasteiger partial charge in [0.25, 0.3) is 0 Å². The first-order valence-corrected chi connectivity index (χ1v) is 6.37. The highest BCUT2D eigenvalue weighted by atomic mass is 79.9. The summed E-state index contributed by atoms with van der Waals surface area (Å²) in [5.74, 6) is 0.816. The minimum atomic E-state index is -4.15. The van der Waals surface area contributed by atoms with Crippen molar-refractivity contribution in [3.63, 3.8) is 0 Å².